The van der Waals surface area contributed by atoms with Crippen molar-refractivity contribution in [2.75, 3.05) is 0 Å². The van der Waals surface area contributed by atoms with E-state index in [2.05, 4.69) is 36.1 Å². The lowest BCUT2D eigenvalue weighted by Gasteiger charge is -1.94. The summed E-state index contributed by atoms with van der Waals surface area (Å²) in [5.74, 6) is 0. The van der Waals surface area contributed by atoms with Crippen LogP contribution >= 0.6 is 0 Å². The summed E-state index contributed by atoms with van der Waals surface area (Å²) in [7, 11) is 0. The predicted molar refractivity (Wildman–Crippen MR) is 63.2 cm³/mol. The Morgan fingerprint density at radius 2 is 1.36 bits per heavy atom. The molecule has 0 heteroatoms. The van der Waals surface area contributed by atoms with Crippen LogP contribution in [0.2, 0.25) is 0 Å². The third-order valence-electron chi connectivity index (χ3n) is 2.12. The van der Waals surface area contributed by atoms with E-state index in [0.29, 0.717) is 0 Å². The molecule has 0 nitrogen and oxygen atoms in total. The maximum absolute atomic E-state index is 3.08. The molecule has 1 aliphatic rings. The molecule has 0 atom stereocenters. The second kappa shape index (κ2) is 8.34. The van der Waals surface area contributed by atoms with Crippen molar-refractivity contribution in [2.24, 2.45) is 0 Å². The average molecular weight is 186 g/mol. The van der Waals surface area contributed by atoms with Crippen molar-refractivity contribution in [3.05, 3.63) is 54.3 Å². The first-order chi connectivity index (χ1) is 7.00. The Kier molecular flexibility index (Phi) is 6.45. The fourth-order valence-electron chi connectivity index (χ4n) is 1.33. The lowest BCUT2D eigenvalue weighted by atomic mass is 10.1. The van der Waals surface area contributed by atoms with E-state index >= 15 is 0 Å². The van der Waals surface area contributed by atoms with Crippen molar-refractivity contribution in [1.82, 2.24) is 0 Å². The van der Waals surface area contributed by atoms with Gasteiger partial charge in [0.15, 0.2) is 0 Å². The fourth-order valence-corrected chi connectivity index (χ4v) is 1.33. The highest BCUT2D eigenvalue weighted by Gasteiger charge is 1.84. The van der Waals surface area contributed by atoms with Crippen molar-refractivity contribution in [3.63, 3.8) is 0 Å². The molecule has 0 aromatic heterocycles. The van der Waals surface area contributed by atoms with Crippen molar-refractivity contribution in [3.8, 4) is 0 Å². The number of hydrogen-bond donors (Lipinski definition) is 0. The summed E-state index contributed by atoms with van der Waals surface area (Å²) in [6.07, 6.45) is 22.9. The fraction of sp³-hybridized carbons (Fsp3) is 0.357. The Bertz CT molecular complexity index is 270. The summed E-state index contributed by atoms with van der Waals surface area (Å²) in [4.78, 5) is 0. The summed E-state index contributed by atoms with van der Waals surface area (Å²) in [5.41, 5.74) is 3.08. The van der Waals surface area contributed by atoms with Crippen LogP contribution in [0.4, 0.5) is 0 Å². The van der Waals surface area contributed by atoms with Gasteiger partial charge in [-0.05, 0) is 37.8 Å². The Balaban J connectivity index is 2.48. The van der Waals surface area contributed by atoms with Gasteiger partial charge in [-0.15, -0.1) is 5.73 Å². The molecule has 74 valence electrons. The minimum atomic E-state index is 1.19. The summed E-state index contributed by atoms with van der Waals surface area (Å²) in [5, 5.41) is 0. The normalized spacial score (nSPS) is 22.9. The molecule has 0 amide bonds. The second-order valence-corrected chi connectivity index (χ2v) is 3.38. The lowest BCUT2D eigenvalue weighted by molar-refractivity contribution is 0.696. The van der Waals surface area contributed by atoms with E-state index in [-0.39, 0.29) is 0 Å². The zero-order valence-corrected chi connectivity index (χ0v) is 8.65. The van der Waals surface area contributed by atoms with Gasteiger partial charge in [0.2, 0.25) is 0 Å². The number of hydrogen-bond acceptors (Lipinski definition) is 0. The number of allylic oxidation sites excluding steroid dienone is 7. The van der Waals surface area contributed by atoms with Crippen molar-refractivity contribution in [2.45, 2.75) is 32.1 Å². The number of rotatable bonds is 0. The molecule has 0 radical (unpaired) electrons. The van der Waals surface area contributed by atoms with Crippen molar-refractivity contribution < 1.29 is 0 Å². The van der Waals surface area contributed by atoms with Gasteiger partial charge in [-0.2, -0.15) is 0 Å². The Morgan fingerprint density at radius 1 is 0.643 bits per heavy atom. The van der Waals surface area contributed by atoms with Gasteiger partial charge in [0, 0.05) is 0 Å². The summed E-state index contributed by atoms with van der Waals surface area (Å²) >= 11 is 0. The Labute approximate surface area is 87.0 Å². The van der Waals surface area contributed by atoms with Crippen LogP contribution in [0.1, 0.15) is 32.1 Å². The monoisotopic (exact) mass is 186 g/mol. The highest BCUT2D eigenvalue weighted by Crippen LogP contribution is 2.04. The predicted octanol–water partition coefficient (Wildman–Crippen LogP) is 4.33. The van der Waals surface area contributed by atoms with Crippen LogP contribution in [-0.2, 0) is 0 Å². The van der Waals surface area contributed by atoms with Gasteiger partial charge in [-0.3, -0.25) is 0 Å². The first-order valence-electron chi connectivity index (χ1n) is 5.39. The quantitative estimate of drug-likeness (QED) is 0.494. The molecule has 14 heavy (non-hydrogen) atoms. The zero-order chi connectivity index (χ0) is 9.90. The van der Waals surface area contributed by atoms with Crippen molar-refractivity contribution >= 4 is 0 Å². The van der Waals surface area contributed by atoms with E-state index in [4.69, 9.17) is 0 Å². The minimum absolute atomic E-state index is 1.19. The summed E-state index contributed by atoms with van der Waals surface area (Å²) < 4.78 is 0. The molecule has 0 aliphatic heterocycles. The minimum Gasteiger partial charge on any atom is -0.121 e. The molecule has 0 unspecified atom stereocenters. The van der Waals surface area contributed by atoms with Gasteiger partial charge in [-0.1, -0.05) is 42.9 Å². The SMILES string of the molecule is C1=CC=CCCCCC/C=C\C=C\C=1. The third kappa shape index (κ3) is 6.28. The standard InChI is InChI=1S/C14H18/c1-2-4-6-8-10-12-14-13-11-9-7-5-3-1/h1-5,9,11,13H,6,8,10,12,14H2/b3-1+,4-2-,13-11?. The molecule has 0 heterocycles. The van der Waals surface area contributed by atoms with E-state index < -0.39 is 0 Å². The molecule has 0 saturated heterocycles. The van der Waals surface area contributed by atoms with E-state index in [1.807, 2.05) is 18.2 Å². The molecule has 1 rings (SSSR count). The van der Waals surface area contributed by atoms with E-state index in [9.17, 15) is 0 Å². The highest BCUT2D eigenvalue weighted by molar-refractivity contribution is 5.13. The summed E-state index contributed by atoms with van der Waals surface area (Å²) in [6, 6.07) is 0. The molecular weight excluding hydrogens is 168 g/mol. The Morgan fingerprint density at radius 3 is 2.21 bits per heavy atom. The topological polar surface area (TPSA) is 0 Å². The van der Waals surface area contributed by atoms with Gasteiger partial charge in [-0.25, -0.2) is 0 Å². The molecular formula is C14H18. The highest BCUT2D eigenvalue weighted by atomic mass is 13.9. The second-order valence-electron chi connectivity index (χ2n) is 3.38. The summed E-state index contributed by atoms with van der Waals surface area (Å²) in [6.45, 7) is 0. The van der Waals surface area contributed by atoms with Gasteiger partial charge < -0.3 is 0 Å². The van der Waals surface area contributed by atoms with Gasteiger partial charge >= 0.3 is 0 Å². The molecule has 0 saturated carbocycles. The van der Waals surface area contributed by atoms with Crippen molar-refractivity contribution in [1.29, 1.82) is 0 Å². The first-order valence-corrected chi connectivity index (χ1v) is 5.39. The van der Waals surface area contributed by atoms with Crippen LogP contribution in [0.25, 0.3) is 0 Å². The molecule has 0 spiro atoms. The largest absolute Gasteiger partial charge is 0.121 e. The van der Waals surface area contributed by atoms with Gasteiger partial charge in [0.1, 0.15) is 0 Å². The van der Waals surface area contributed by atoms with Crippen LogP contribution < -0.4 is 0 Å². The van der Waals surface area contributed by atoms with E-state index in [1.54, 1.807) is 0 Å². The molecule has 1 aliphatic carbocycles. The van der Waals surface area contributed by atoms with Crippen LogP contribution in [0.15, 0.2) is 54.3 Å². The maximum Gasteiger partial charge on any atom is -0.0200 e. The van der Waals surface area contributed by atoms with Gasteiger partial charge in [0.25, 0.3) is 0 Å². The van der Waals surface area contributed by atoms with E-state index in [0.717, 1.165) is 0 Å². The molecule has 0 aromatic carbocycles. The smallest absolute Gasteiger partial charge is 0.0200 e. The average Bonchev–Trinajstić information content (AvgIpc) is 2.22. The maximum atomic E-state index is 3.08. The van der Waals surface area contributed by atoms with Crippen LogP contribution in [-0.4, -0.2) is 0 Å². The Hall–Kier alpha value is -1.26. The molecule has 0 bridgehead atoms. The van der Waals surface area contributed by atoms with Crippen LogP contribution in [0, 0.1) is 0 Å². The molecule has 0 aromatic rings. The van der Waals surface area contributed by atoms with Crippen LogP contribution in [0.3, 0.4) is 0 Å². The third-order valence-corrected chi connectivity index (χ3v) is 2.12. The first kappa shape index (κ1) is 10.8. The van der Waals surface area contributed by atoms with Gasteiger partial charge in [0.05, 0.1) is 0 Å². The molecule has 0 N–H and O–H groups in total. The zero-order valence-electron chi connectivity index (χ0n) is 8.65. The van der Waals surface area contributed by atoms with E-state index in [1.165, 1.54) is 32.1 Å². The molecule has 0 fully saturated rings. The van der Waals surface area contributed by atoms with Crippen LogP contribution in [0.5, 0.6) is 0 Å². The lowest BCUT2D eigenvalue weighted by Crippen LogP contribution is -1.74.